The van der Waals surface area contributed by atoms with Crippen LogP contribution >= 0.6 is 0 Å². The fourth-order valence-corrected chi connectivity index (χ4v) is 1.75. The Morgan fingerprint density at radius 1 is 1.15 bits per heavy atom. The molecule has 2 rings (SSSR count). The lowest BCUT2D eigenvalue weighted by molar-refractivity contribution is 0.457. The van der Waals surface area contributed by atoms with Crippen LogP contribution in [0.25, 0.3) is 0 Å². The highest BCUT2D eigenvalue weighted by Crippen LogP contribution is 2.17. The molecule has 0 saturated carbocycles. The van der Waals surface area contributed by atoms with Crippen LogP contribution in [-0.2, 0) is 13.1 Å². The van der Waals surface area contributed by atoms with E-state index in [0.717, 1.165) is 38.2 Å². The Balaban J connectivity index is 1.89. The third kappa shape index (κ3) is 4.31. The van der Waals surface area contributed by atoms with Crippen molar-refractivity contribution in [2.24, 2.45) is 0 Å². The van der Waals surface area contributed by atoms with E-state index in [4.69, 9.17) is 4.74 Å². The second-order valence-electron chi connectivity index (χ2n) is 4.56. The average molecular weight is 275 g/mol. The van der Waals surface area contributed by atoms with Crippen molar-refractivity contribution in [1.82, 2.24) is 25.1 Å². The molecule has 0 spiro atoms. The van der Waals surface area contributed by atoms with E-state index in [0.29, 0.717) is 11.6 Å². The van der Waals surface area contributed by atoms with Gasteiger partial charge in [-0.25, -0.2) is 4.98 Å². The Bertz CT molecular complexity index is 509. The maximum Gasteiger partial charge on any atom is 0.238 e. The molecule has 0 radical (unpaired) electrons. The summed E-state index contributed by atoms with van der Waals surface area (Å²) < 4.78 is 7.46. The van der Waals surface area contributed by atoms with E-state index in [-0.39, 0.29) is 0 Å². The number of nitrogens with zero attached hydrogens (tertiary/aromatic N) is 4. The van der Waals surface area contributed by atoms with Gasteiger partial charge in [-0.1, -0.05) is 13.8 Å². The number of aryl methyl sites for hydroxylation is 1. The first kappa shape index (κ1) is 14.5. The van der Waals surface area contributed by atoms with Gasteiger partial charge in [-0.3, -0.25) is 9.67 Å². The lowest BCUT2D eigenvalue weighted by Crippen LogP contribution is -2.14. The van der Waals surface area contributed by atoms with Crippen LogP contribution in [0.2, 0.25) is 0 Å². The summed E-state index contributed by atoms with van der Waals surface area (Å²) in [4.78, 5) is 8.56. The molecule has 2 aromatic heterocycles. The highest BCUT2D eigenvalue weighted by molar-refractivity contribution is 5.19. The molecule has 2 aromatic rings. The minimum Gasteiger partial charge on any atom is -0.434 e. The fourth-order valence-electron chi connectivity index (χ4n) is 1.75. The lowest BCUT2D eigenvalue weighted by Gasteiger charge is -2.04. The van der Waals surface area contributed by atoms with Crippen LogP contribution in [0, 0.1) is 0 Å². The molecular weight excluding hydrogens is 254 g/mol. The molecule has 2 heterocycles. The van der Waals surface area contributed by atoms with Crippen LogP contribution in [0.1, 0.15) is 32.4 Å². The molecule has 0 fully saturated rings. The van der Waals surface area contributed by atoms with Gasteiger partial charge in [-0.2, -0.15) is 5.10 Å². The summed E-state index contributed by atoms with van der Waals surface area (Å²) >= 11 is 0. The summed E-state index contributed by atoms with van der Waals surface area (Å²) in [7, 11) is 0. The number of ether oxygens (including phenoxy) is 1. The molecule has 0 aliphatic rings. The third-order valence-electron chi connectivity index (χ3n) is 2.70. The van der Waals surface area contributed by atoms with Crippen LogP contribution < -0.4 is 10.1 Å². The molecule has 6 nitrogen and oxygen atoms in total. The van der Waals surface area contributed by atoms with E-state index in [2.05, 4.69) is 34.2 Å². The molecule has 0 atom stereocenters. The maximum atomic E-state index is 5.61. The van der Waals surface area contributed by atoms with E-state index < -0.39 is 0 Å². The zero-order chi connectivity index (χ0) is 14.2. The van der Waals surface area contributed by atoms with Crippen molar-refractivity contribution in [1.29, 1.82) is 0 Å². The predicted octanol–water partition coefficient (Wildman–Crippen LogP) is 2.38. The largest absolute Gasteiger partial charge is 0.434 e. The molecule has 0 unspecified atom stereocenters. The minimum atomic E-state index is 0.486. The summed E-state index contributed by atoms with van der Waals surface area (Å²) in [5.41, 5.74) is 0.910. The average Bonchev–Trinajstić information content (AvgIpc) is 2.89. The Morgan fingerprint density at radius 2 is 2.05 bits per heavy atom. The van der Waals surface area contributed by atoms with Crippen molar-refractivity contribution in [3.05, 3.63) is 30.5 Å². The Hall–Kier alpha value is -1.95. The van der Waals surface area contributed by atoms with Crippen molar-refractivity contribution in [2.45, 2.75) is 39.8 Å². The van der Waals surface area contributed by atoms with Crippen LogP contribution in [0.3, 0.4) is 0 Å². The first-order chi connectivity index (χ1) is 9.81. The molecule has 0 bridgehead atoms. The second kappa shape index (κ2) is 7.59. The molecular formula is C14H21N5O. The van der Waals surface area contributed by atoms with Crippen molar-refractivity contribution in [3.63, 3.8) is 0 Å². The summed E-state index contributed by atoms with van der Waals surface area (Å²) in [6.45, 7) is 6.84. The topological polar surface area (TPSA) is 64.9 Å². The highest BCUT2D eigenvalue weighted by atomic mass is 16.5. The van der Waals surface area contributed by atoms with Gasteiger partial charge >= 0.3 is 0 Å². The standard InChI is InChI=1S/C14H21N5O/c1-3-5-15-7-12-8-17-14(10-16-12)20-13-9-18-19(11-13)6-4-2/h8-11,15H,3-7H2,1-2H3. The first-order valence-corrected chi connectivity index (χ1v) is 7.03. The zero-order valence-electron chi connectivity index (χ0n) is 12.0. The SMILES string of the molecule is CCCNCc1cnc(Oc2cnn(CCC)c2)cn1. The quantitative estimate of drug-likeness (QED) is 0.749. The third-order valence-corrected chi connectivity index (χ3v) is 2.70. The molecule has 0 amide bonds. The summed E-state index contributed by atoms with van der Waals surface area (Å²) in [6, 6.07) is 0. The van der Waals surface area contributed by atoms with Crippen molar-refractivity contribution < 1.29 is 4.74 Å². The first-order valence-electron chi connectivity index (χ1n) is 7.03. The molecule has 0 aliphatic heterocycles. The van der Waals surface area contributed by atoms with Gasteiger partial charge in [0.25, 0.3) is 0 Å². The van der Waals surface area contributed by atoms with E-state index >= 15 is 0 Å². The van der Waals surface area contributed by atoms with Crippen molar-refractivity contribution in [2.75, 3.05) is 6.54 Å². The second-order valence-corrected chi connectivity index (χ2v) is 4.56. The highest BCUT2D eigenvalue weighted by Gasteiger charge is 2.03. The monoisotopic (exact) mass is 275 g/mol. The maximum absolute atomic E-state index is 5.61. The van der Waals surface area contributed by atoms with Gasteiger partial charge < -0.3 is 10.1 Å². The lowest BCUT2D eigenvalue weighted by atomic mass is 10.4. The Kier molecular flexibility index (Phi) is 5.49. The van der Waals surface area contributed by atoms with E-state index in [1.165, 1.54) is 0 Å². The van der Waals surface area contributed by atoms with Crippen LogP contribution in [0.5, 0.6) is 11.6 Å². The van der Waals surface area contributed by atoms with Gasteiger partial charge in [-0.15, -0.1) is 0 Å². The molecule has 0 aromatic carbocycles. The molecule has 6 heteroatoms. The van der Waals surface area contributed by atoms with Gasteiger partial charge in [0.05, 0.1) is 30.5 Å². The number of nitrogens with one attached hydrogen (secondary N) is 1. The van der Waals surface area contributed by atoms with Gasteiger partial charge in [0.2, 0.25) is 5.88 Å². The van der Waals surface area contributed by atoms with Gasteiger partial charge in [0.1, 0.15) is 0 Å². The summed E-state index contributed by atoms with van der Waals surface area (Å²) in [5, 5.41) is 7.48. The number of hydrogen-bond acceptors (Lipinski definition) is 5. The normalized spacial score (nSPS) is 10.7. The predicted molar refractivity (Wildman–Crippen MR) is 76.6 cm³/mol. The van der Waals surface area contributed by atoms with E-state index in [9.17, 15) is 0 Å². The summed E-state index contributed by atoms with van der Waals surface area (Å²) in [5.74, 6) is 1.17. The number of hydrogen-bond donors (Lipinski definition) is 1. The molecule has 0 aliphatic carbocycles. The van der Waals surface area contributed by atoms with Crippen LogP contribution in [0.4, 0.5) is 0 Å². The van der Waals surface area contributed by atoms with E-state index in [1.807, 2.05) is 10.9 Å². The Labute approximate surface area is 119 Å². The number of aromatic nitrogens is 4. The minimum absolute atomic E-state index is 0.486. The van der Waals surface area contributed by atoms with Crippen molar-refractivity contribution >= 4 is 0 Å². The van der Waals surface area contributed by atoms with E-state index in [1.54, 1.807) is 18.6 Å². The van der Waals surface area contributed by atoms with Gasteiger partial charge in [0, 0.05) is 13.1 Å². The molecule has 108 valence electrons. The van der Waals surface area contributed by atoms with Gasteiger partial charge in [-0.05, 0) is 19.4 Å². The molecule has 0 saturated heterocycles. The molecule has 20 heavy (non-hydrogen) atoms. The van der Waals surface area contributed by atoms with Crippen LogP contribution in [-0.4, -0.2) is 26.3 Å². The van der Waals surface area contributed by atoms with Gasteiger partial charge in [0.15, 0.2) is 5.75 Å². The van der Waals surface area contributed by atoms with Crippen molar-refractivity contribution in [3.8, 4) is 11.6 Å². The Morgan fingerprint density at radius 3 is 2.75 bits per heavy atom. The summed E-state index contributed by atoms with van der Waals surface area (Å²) in [6.07, 6.45) is 9.07. The smallest absolute Gasteiger partial charge is 0.238 e. The molecule has 1 N–H and O–H groups in total. The number of rotatable bonds is 8. The fraction of sp³-hybridized carbons (Fsp3) is 0.500. The zero-order valence-corrected chi connectivity index (χ0v) is 12.0. The van der Waals surface area contributed by atoms with Crippen LogP contribution in [0.15, 0.2) is 24.8 Å².